The maximum absolute atomic E-state index is 12.2. The molecule has 0 radical (unpaired) electrons. The molecule has 21 heavy (non-hydrogen) atoms. The minimum atomic E-state index is -0.689. The summed E-state index contributed by atoms with van der Waals surface area (Å²) < 4.78 is 9.93. The number of ketones is 2. The Labute approximate surface area is 120 Å². The van der Waals surface area contributed by atoms with Crippen molar-refractivity contribution < 1.29 is 29.0 Å². The molecule has 1 aliphatic carbocycles. The predicted molar refractivity (Wildman–Crippen MR) is 70.4 cm³/mol. The second kappa shape index (κ2) is 4.44. The first kappa shape index (κ1) is 13.4. The summed E-state index contributed by atoms with van der Waals surface area (Å²) in [4.78, 5) is 36.2. The van der Waals surface area contributed by atoms with Crippen LogP contribution in [0.3, 0.4) is 0 Å². The average molecular weight is 288 g/mol. The second-order valence-electron chi connectivity index (χ2n) is 5.01. The van der Waals surface area contributed by atoms with Crippen LogP contribution in [0.4, 0.5) is 0 Å². The van der Waals surface area contributed by atoms with E-state index in [2.05, 4.69) is 0 Å². The van der Waals surface area contributed by atoms with Crippen molar-refractivity contribution in [2.75, 3.05) is 7.11 Å². The summed E-state index contributed by atoms with van der Waals surface area (Å²) in [6.45, 7) is 1.71. The van der Waals surface area contributed by atoms with E-state index < -0.39 is 23.3 Å². The number of esters is 1. The molecule has 0 saturated carbocycles. The summed E-state index contributed by atoms with van der Waals surface area (Å²) >= 11 is 0. The van der Waals surface area contributed by atoms with E-state index >= 15 is 0 Å². The van der Waals surface area contributed by atoms with Crippen LogP contribution in [0.25, 0.3) is 0 Å². The van der Waals surface area contributed by atoms with E-state index in [4.69, 9.17) is 9.47 Å². The van der Waals surface area contributed by atoms with Gasteiger partial charge < -0.3 is 14.6 Å². The zero-order valence-electron chi connectivity index (χ0n) is 11.4. The van der Waals surface area contributed by atoms with Crippen molar-refractivity contribution >= 4 is 17.5 Å². The lowest BCUT2D eigenvalue weighted by Crippen LogP contribution is -2.28. The van der Waals surface area contributed by atoms with Crippen molar-refractivity contribution in [2.24, 2.45) is 0 Å². The first-order chi connectivity index (χ1) is 9.93. The van der Waals surface area contributed by atoms with E-state index in [1.165, 1.54) is 13.2 Å². The van der Waals surface area contributed by atoms with Crippen LogP contribution < -0.4 is 0 Å². The fraction of sp³-hybridized carbons (Fsp3) is 0.267. The lowest BCUT2D eigenvalue weighted by Gasteiger charge is -2.25. The fourth-order valence-corrected chi connectivity index (χ4v) is 2.67. The molecule has 6 heteroatoms. The topological polar surface area (TPSA) is 89.9 Å². The van der Waals surface area contributed by atoms with Crippen molar-refractivity contribution in [2.45, 2.75) is 19.4 Å². The predicted octanol–water partition coefficient (Wildman–Crippen LogP) is 1.40. The molecule has 1 atom stereocenters. The first-order valence-electron chi connectivity index (χ1n) is 6.38. The maximum Gasteiger partial charge on any atom is 0.342 e. The Morgan fingerprint density at radius 1 is 1.29 bits per heavy atom. The van der Waals surface area contributed by atoms with Gasteiger partial charge in [0.25, 0.3) is 0 Å². The normalized spacial score (nSPS) is 20.4. The Morgan fingerprint density at radius 2 is 2.00 bits per heavy atom. The summed E-state index contributed by atoms with van der Waals surface area (Å²) in [5.41, 5.74) is 0.333. The molecule has 1 aromatic carbocycles. The molecule has 1 aromatic rings. The molecular formula is C15H12O6. The van der Waals surface area contributed by atoms with Gasteiger partial charge in [0.05, 0.1) is 12.7 Å². The van der Waals surface area contributed by atoms with Gasteiger partial charge in [0.2, 0.25) is 5.78 Å². The van der Waals surface area contributed by atoms with Gasteiger partial charge in [-0.2, -0.15) is 0 Å². The summed E-state index contributed by atoms with van der Waals surface area (Å²) in [7, 11) is 1.29. The summed E-state index contributed by atoms with van der Waals surface area (Å²) in [5, 5.41) is 10.2. The quantitative estimate of drug-likeness (QED) is 0.786. The van der Waals surface area contributed by atoms with Gasteiger partial charge in [0.1, 0.15) is 17.4 Å². The molecule has 1 aliphatic heterocycles. The van der Waals surface area contributed by atoms with Gasteiger partial charge in [-0.1, -0.05) is 0 Å². The fourth-order valence-electron chi connectivity index (χ4n) is 2.67. The third-order valence-corrected chi connectivity index (χ3v) is 3.60. The molecule has 108 valence electrons. The van der Waals surface area contributed by atoms with Crippen LogP contribution in [0.1, 0.15) is 43.6 Å². The largest absolute Gasteiger partial charge is 0.506 e. The van der Waals surface area contributed by atoms with Gasteiger partial charge in [-0.3, -0.25) is 9.59 Å². The second-order valence-corrected chi connectivity index (χ2v) is 5.01. The van der Waals surface area contributed by atoms with Crippen molar-refractivity contribution in [3.05, 3.63) is 40.2 Å². The zero-order valence-corrected chi connectivity index (χ0v) is 11.4. The minimum Gasteiger partial charge on any atom is -0.506 e. The molecule has 0 aromatic heterocycles. The average Bonchev–Trinajstić information content (AvgIpc) is 2.41. The Kier molecular flexibility index (Phi) is 2.83. The van der Waals surface area contributed by atoms with Crippen molar-refractivity contribution in [1.82, 2.24) is 0 Å². The number of allylic oxidation sites excluding steroid dienone is 2. The van der Waals surface area contributed by atoms with Gasteiger partial charge in [0, 0.05) is 18.1 Å². The molecule has 3 rings (SSSR count). The number of carbonyl (C=O) groups is 3. The Hall–Kier alpha value is -2.63. The molecule has 0 fully saturated rings. The molecule has 0 bridgehead atoms. The number of carbonyl (C=O) groups excluding carboxylic acids is 3. The number of cyclic esters (lactones) is 1. The lowest BCUT2D eigenvalue weighted by molar-refractivity contribution is 0.0296. The van der Waals surface area contributed by atoms with E-state index in [0.29, 0.717) is 12.0 Å². The molecule has 0 spiro atoms. The molecule has 1 N–H and O–H groups in total. The summed E-state index contributed by atoms with van der Waals surface area (Å²) in [6, 6.07) is 1.47. The molecule has 1 heterocycles. The van der Waals surface area contributed by atoms with Crippen molar-refractivity contribution in [3.63, 3.8) is 0 Å². The number of rotatable bonds is 1. The van der Waals surface area contributed by atoms with Gasteiger partial charge >= 0.3 is 5.97 Å². The molecule has 0 unspecified atom stereocenters. The standard InChI is InChI=1S/C15H12O6/c1-6-3-7-4-8-12(14(18)11(7)15(19)21-6)9(16)5-10(20-2)13(8)17/h4-6,18H,3H2,1-2H3/t6-/m1/s1. The number of hydrogen-bond acceptors (Lipinski definition) is 6. The van der Waals surface area contributed by atoms with Crippen molar-refractivity contribution in [1.29, 1.82) is 0 Å². The van der Waals surface area contributed by atoms with Crippen LogP contribution in [-0.2, 0) is 15.9 Å². The number of aromatic hydroxyl groups is 1. The third-order valence-electron chi connectivity index (χ3n) is 3.60. The van der Waals surface area contributed by atoms with Crippen LogP contribution >= 0.6 is 0 Å². The number of Topliss-reactive ketones (excluding diaryl/α,β-unsaturated/α-hetero) is 1. The number of methoxy groups -OCH3 is 1. The van der Waals surface area contributed by atoms with Gasteiger partial charge in [0.15, 0.2) is 11.5 Å². The Balaban J connectivity index is 2.28. The first-order valence-corrected chi connectivity index (χ1v) is 6.38. The van der Waals surface area contributed by atoms with Crippen LogP contribution in [0.2, 0.25) is 0 Å². The molecular weight excluding hydrogens is 276 g/mol. The lowest BCUT2D eigenvalue weighted by atomic mass is 9.86. The van der Waals surface area contributed by atoms with E-state index in [1.807, 2.05) is 0 Å². The third kappa shape index (κ3) is 1.83. The van der Waals surface area contributed by atoms with Gasteiger partial charge in [-0.05, 0) is 18.6 Å². The Morgan fingerprint density at radius 3 is 2.67 bits per heavy atom. The highest BCUT2D eigenvalue weighted by molar-refractivity contribution is 6.25. The SMILES string of the molecule is COC1=CC(=O)c2c(cc3c(c2O)C(=O)O[C@H](C)C3)C1=O. The number of phenolic OH excluding ortho intramolecular Hbond substituents is 1. The smallest absolute Gasteiger partial charge is 0.342 e. The highest BCUT2D eigenvalue weighted by Gasteiger charge is 2.36. The van der Waals surface area contributed by atoms with Crippen LogP contribution in [0.15, 0.2) is 17.9 Å². The minimum absolute atomic E-state index is 0.0396. The van der Waals surface area contributed by atoms with Gasteiger partial charge in [-0.15, -0.1) is 0 Å². The van der Waals surface area contributed by atoms with E-state index in [9.17, 15) is 19.5 Å². The highest BCUT2D eigenvalue weighted by Crippen LogP contribution is 2.37. The van der Waals surface area contributed by atoms with Crippen LogP contribution in [0.5, 0.6) is 5.75 Å². The van der Waals surface area contributed by atoms with E-state index in [-0.39, 0.29) is 28.6 Å². The van der Waals surface area contributed by atoms with E-state index in [0.717, 1.165) is 6.08 Å². The highest BCUT2D eigenvalue weighted by atomic mass is 16.5. The summed E-state index contributed by atoms with van der Waals surface area (Å²) in [5.74, 6) is -2.33. The number of hydrogen-bond donors (Lipinski definition) is 1. The van der Waals surface area contributed by atoms with Crippen molar-refractivity contribution in [3.8, 4) is 5.75 Å². The monoisotopic (exact) mass is 288 g/mol. The zero-order chi connectivity index (χ0) is 15.3. The van der Waals surface area contributed by atoms with Crippen LogP contribution in [0, 0.1) is 0 Å². The molecule has 2 aliphatic rings. The molecule has 0 saturated heterocycles. The summed E-state index contributed by atoms with van der Waals surface area (Å²) in [6.07, 6.45) is 1.03. The molecule has 6 nitrogen and oxygen atoms in total. The van der Waals surface area contributed by atoms with Gasteiger partial charge in [-0.25, -0.2) is 4.79 Å². The number of benzene rings is 1. The number of fused-ring (bicyclic) bond motifs is 2. The van der Waals surface area contributed by atoms with E-state index in [1.54, 1.807) is 6.92 Å². The molecule has 0 amide bonds. The Bertz CT molecular complexity index is 728. The number of ether oxygens (including phenoxy) is 2. The van der Waals surface area contributed by atoms with Crippen LogP contribution in [-0.4, -0.2) is 35.9 Å². The number of phenols is 1. The maximum atomic E-state index is 12.2.